The molecule has 0 bridgehead atoms. The molecular weight excluding hydrogens is 502 g/mol. The van der Waals surface area contributed by atoms with Crippen LogP contribution in [0.1, 0.15) is 28.8 Å². The average molecular weight is 520 g/mol. The molecule has 2 aliphatic rings. The van der Waals surface area contributed by atoms with Crippen molar-refractivity contribution < 1.29 is 4.79 Å². The van der Waals surface area contributed by atoms with Crippen LogP contribution in [0.3, 0.4) is 0 Å². The third kappa shape index (κ3) is 3.30. The third-order valence-corrected chi connectivity index (χ3v) is 22.1. The molecule has 4 heterocycles. The molecule has 0 aromatic carbocycles. The summed E-state index contributed by atoms with van der Waals surface area (Å²) in [5, 5.41) is 0. The van der Waals surface area contributed by atoms with Gasteiger partial charge in [0.2, 0.25) is 0 Å². The van der Waals surface area contributed by atoms with Crippen LogP contribution in [0.25, 0.3) is 0 Å². The van der Waals surface area contributed by atoms with Gasteiger partial charge in [-0.25, -0.2) is 0 Å². The third-order valence-electron chi connectivity index (χ3n) is 5.02. The Morgan fingerprint density at radius 2 is 1.33 bits per heavy atom. The minimum absolute atomic E-state index is 0.148. The van der Waals surface area contributed by atoms with E-state index in [0.29, 0.717) is 0 Å². The second kappa shape index (κ2) is 7.61. The first kappa shape index (κ1) is 16.6. The van der Waals surface area contributed by atoms with Gasteiger partial charge < -0.3 is 0 Å². The number of aromatic nitrogens is 2. The quantitative estimate of drug-likeness (QED) is 0.581. The van der Waals surface area contributed by atoms with Gasteiger partial charge in [0, 0.05) is 0 Å². The van der Waals surface area contributed by atoms with E-state index in [1.807, 2.05) is 12.4 Å². The summed E-state index contributed by atoms with van der Waals surface area (Å²) in [7, 11) is 0. The number of carbonyl (C=O) groups excluding carboxylic acids is 1. The summed E-state index contributed by atoms with van der Waals surface area (Å²) in [5.74, 6) is 0.148. The normalized spacial score (nSPS) is 16.2. The number of allylic oxidation sites excluding steroid dienone is 2. The Bertz CT molecular complexity index is 764. The number of hydrogen-bond acceptors (Lipinski definition) is 3. The number of pyridine rings is 2. The van der Waals surface area contributed by atoms with Crippen molar-refractivity contribution in [1.29, 1.82) is 0 Å². The zero-order chi connectivity index (χ0) is 16.4. The fraction of sp³-hybridized carbons (Fsp3) is 0.211. The number of hydrogen-bond donors (Lipinski definition) is 0. The van der Waals surface area contributed by atoms with Crippen LogP contribution in [0.4, 0.5) is 0 Å². The van der Waals surface area contributed by atoms with Gasteiger partial charge in [0.25, 0.3) is 0 Å². The fourth-order valence-corrected chi connectivity index (χ4v) is 19.3. The van der Waals surface area contributed by atoms with Crippen molar-refractivity contribution in [2.75, 3.05) is 0 Å². The summed E-state index contributed by atoms with van der Waals surface area (Å²) in [6.07, 6.45) is 14.2. The first-order valence-corrected chi connectivity index (χ1v) is 20.4. The number of ketones is 1. The Hall–Kier alpha value is -0.810. The standard InChI is InChI=1S/C11H6N2O.2C4H6.2In/c14-11(9-3-1-5-12-7-9)10-4-2-6-13-8-10;2*1-3-4-2;;/h1-2,5-8H;2*1,3H,2,4H2;;. The van der Waals surface area contributed by atoms with Crippen LogP contribution in [0.2, 0.25) is 8.35 Å². The molecule has 0 amide bonds. The van der Waals surface area contributed by atoms with Crippen molar-refractivity contribution in [2.45, 2.75) is 21.2 Å². The van der Waals surface area contributed by atoms with E-state index in [9.17, 15) is 4.79 Å². The van der Waals surface area contributed by atoms with Gasteiger partial charge in [-0.05, 0) is 0 Å². The molecule has 0 saturated heterocycles. The molecule has 2 aromatic heterocycles. The Balaban J connectivity index is 1.75. The van der Waals surface area contributed by atoms with Crippen LogP contribution >= 0.6 is 0 Å². The summed E-state index contributed by atoms with van der Waals surface area (Å²) < 4.78 is 10.1. The molecule has 116 valence electrons. The van der Waals surface area contributed by atoms with Crippen molar-refractivity contribution in [1.82, 2.24) is 9.97 Å². The van der Waals surface area contributed by atoms with Gasteiger partial charge in [0.05, 0.1) is 0 Å². The molecule has 0 aliphatic carbocycles. The Kier molecular flexibility index (Phi) is 5.28. The summed E-state index contributed by atoms with van der Waals surface area (Å²) in [4.78, 5) is 21.9. The van der Waals surface area contributed by atoms with Gasteiger partial charge in [-0.3, -0.25) is 0 Å². The van der Waals surface area contributed by atoms with E-state index in [2.05, 4.69) is 41.9 Å². The molecule has 0 fully saturated rings. The summed E-state index contributed by atoms with van der Waals surface area (Å²) >= 11 is -3.85. The number of rotatable bonds is 4. The zero-order valence-corrected chi connectivity index (χ0v) is 20.2. The van der Waals surface area contributed by atoms with Crippen LogP contribution in [-0.4, -0.2) is 58.6 Å². The van der Waals surface area contributed by atoms with Crippen molar-refractivity contribution >= 4 is 55.3 Å². The van der Waals surface area contributed by atoms with Gasteiger partial charge in [0.15, 0.2) is 0 Å². The van der Waals surface area contributed by atoms with Crippen molar-refractivity contribution in [2.24, 2.45) is 0 Å². The van der Waals surface area contributed by atoms with Crippen molar-refractivity contribution in [3.8, 4) is 0 Å². The molecule has 3 nitrogen and oxygen atoms in total. The van der Waals surface area contributed by atoms with E-state index in [4.69, 9.17) is 0 Å². The van der Waals surface area contributed by atoms with Crippen LogP contribution < -0.4 is 6.64 Å². The van der Waals surface area contributed by atoms with Gasteiger partial charge in [0.1, 0.15) is 0 Å². The Labute approximate surface area is 158 Å². The van der Waals surface area contributed by atoms with Gasteiger partial charge in [-0.2, -0.15) is 0 Å². The average Bonchev–Trinajstić information content (AvgIpc) is 3.35. The zero-order valence-electron chi connectivity index (χ0n) is 13.6. The van der Waals surface area contributed by atoms with Crippen molar-refractivity contribution in [3.63, 3.8) is 0 Å². The molecule has 2 aromatic rings. The second-order valence-electron chi connectivity index (χ2n) is 6.48. The molecule has 2 aliphatic heterocycles. The molecule has 4 rings (SSSR count). The van der Waals surface area contributed by atoms with Gasteiger partial charge >= 0.3 is 159 Å². The van der Waals surface area contributed by atoms with E-state index in [-0.39, 0.29) is 5.78 Å². The second-order valence-corrected chi connectivity index (χ2v) is 22.4. The summed E-state index contributed by atoms with van der Waals surface area (Å²) in [6.45, 7) is 0. The van der Waals surface area contributed by atoms with E-state index in [0.717, 1.165) is 11.1 Å². The number of nitrogens with zero attached hydrogens (tertiary/aromatic N) is 2. The van der Waals surface area contributed by atoms with Crippen LogP contribution in [0.15, 0.2) is 56.7 Å². The van der Waals surface area contributed by atoms with E-state index in [1.54, 1.807) is 12.4 Å². The molecule has 0 N–H and O–H groups in total. The predicted molar refractivity (Wildman–Crippen MR) is 99.8 cm³/mol. The fourth-order valence-electron chi connectivity index (χ4n) is 3.76. The maximum atomic E-state index is 13.3. The molecule has 0 saturated carbocycles. The SMILES string of the molecule is O=C(c1cncc[c]1[In]1[CH]=CC[CH2]1)c1cncc[c]1[In]1[CH]=CC[CH2]1. The first-order valence-electron chi connectivity index (χ1n) is 8.60. The van der Waals surface area contributed by atoms with Crippen LogP contribution in [0.5, 0.6) is 0 Å². The minimum atomic E-state index is -1.92. The summed E-state index contributed by atoms with van der Waals surface area (Å²) in [5.41, 5.74) is 1.68. The molecule has 0 unspecified atom stereocenters. The summed E-state index contributed by atoms with van der Waals surface area (Å²) in [6, 6.07) is 4.19. The van der Waals surface area contributed by atoms with Gasteiger partial charge in [-0.15, -0.1) is 0 Å². The maximum absolute atomic E-state index is 13.3. The van der Waals surface area contributed by atoms with Crippen LogP contribution in [0, 0.1) is 0 Å². The molecular formula is C19H18In2N2O. The molecule has 0 radical (unpaired) electrons. The topological polar surface area (TPSA) is 42.9 Å². The van der Waals surface area contributed by atoms with E-state index >= 15 is 0 Å². The Morgan fingerprint density at radius 1 is 0.833 bits per heavy atom. The van der Waals surface area contributed by atoms with E-state index < -0.39 is 42.9 Å². The molecule has 0 spiro atoms. The van der Waals surface area contributed by atoms with E-state index in [1.165, 1.54) is 27.8 Å². The molecule has 24 heavy (non-hydrogen) atoms. The van der Waals surface area contributed by atoms with Crippen molar-refractivity contribution in [3.05, 3.63) is 67.9 Å². The first-order chi connectivity index (χ1) is 11.8. The molecule has 0 atom stereocenters. The van der Waals surface area contributed by atoms with Crippen LogP contribution in [-0.2, 0) is 0 Å². The monoisotopic (exact) mass is 520 g/mol. The predicted octanol–water partition coefficient (Wildman–Crippen LogP) is 2.11. The Morgan fingerprint density at radius 3 is 1.75 bits per heavy atom. The number of carbonyl (C=O) groups is 1. The van der Waals surface area contributed by atoms with Gasteiger partial charge in [-0.1, -0.05) is 0 Å². The molecule has 5 heteroatoms.